The summed E-state index contributed by atoms with van der Waals surface area (Å²) in [5.74, 6) is 1.20. The van der Waals surface area contributed by atoms with E-state index in [1.165, 1.54) is 29.3 Å². The minimum atomic E-state index is -0.247. The molecule has 2 heterocycles. The van der Waals surface area contributed by atoms with Gasteiger partial charge in [-0.3, -0.25) is 9.78 Å². The lowest BCUT2D eigenvalue weighted by Gasteiger charge is -2.06. The first-order valence-electron chi connectivity index (χ1n) is 8.11. The van der Waals surface area contributed by atoms with Gasteiger partial charge in [-0.2, -0.15) is 5.10 Å². The van der Waals surface area contributed by atoms with Crippen LogP contribution in [0.15, 0.2) is 52.0 Å². The van der Waals surface area contributed by atoms with Gasteiger partial charge in [0.1, 0.15) is 17.2 Å². The highest BCUT2D eigenvalue weighted by Gasteiger charge is 2.10. The van der Waals surface area contributed by atoms with Crippen LogP contribution in [0.1, 0.15) is 5.56 Å². The number of pyridine rings is 1. The summed E-state index contributed by atoms with van der Waals surface area (Å²) in [6.45, 7) is 0. The van der Waals surface area contributed by atoms with E-state index in [-0.39, 0.29) is 11.7 Å². The topological polar surface area (TPSA) is 98.6 Å². The predicted octanol–water partition coefficient (Wildman–Crippen LogP) is 2.86. The summed E-state index contributed by atoms with van der Waals surface area (Å²) in [5.41, 5.74) is 3.97. The van der Waals surface area contributed by atoms with Crippen molar-refractivity contribution in [2.75, 3.05) is 20.0 Å². The molecule has 0 radical (unpaired) electrons. The third kappa shape index (κ3) is 5.27. The van der Waals surface area contributed by atoms with E-state index in [1.807, 2.05) is 18.2 Å². The molecule has 0 aliphatic rings. The lowest BCUT2D eigenvalue weighted by atomic mass is 10.2. The number of hydrogen-bond donors (Lipinski definition) is 1. The molecule has 1 N–H and O–H groups in total. The Hall–Kier alpha value is -2.98. The van der Waals surface area contributed by atoms with Crippen LogP contribution in [0.25, 0.3) is 10.7 Å². The molecule has 28 heavy (non-hydrogen) atoms. The van der Waals surface area contributed by atoms with Gasteiger partial charge in [-0.1, -0.05) is 29.2 Å². The molecular formula is C18H17N5O3S2. The number of carbonyl (C=O) groups excluding carboxylic acids is 1. The van der Waals surface area contributed by atoms with Crippen LogP contribution >= 0.6 is 23.1 Å². The SMILES string of the molecule is COc1ccc(/C=N/NC(=O)CSc2nnc(-c3ccccn3)s2)c(OC)c1. The lowest BCUT2D eigenvalue weighted by molar-refractivity contribution is -0.118. The van der Waals surface area contributed by atoms with Crippen LogP contribution < -0.4 is 14.9 Å². The van der Waals surface area contributed by atoms with Crippen molar-refractivity contribution in [3.05, 3.63) is 48.2 Å². The van der Waals surface area contributed by atoms with Crippen molar-refractivity contribution in [1.82, 2.24) is 20.6 Å². The fourth-order valence-corrected chi connectivity index (χ4v) is 3.74. The average molecular weight is 416 g/mol. The fraction of sp³-hybridized carbons (Fsp3) is 0.167. The first-order chi connectivity index (χ1) is 13.7. The van der Waals surface area contributed by atoms with Crippen LogP contribution in [-0.2, 0) is 4.79 Å². The molecule has 0 saturated carbocycles. The molecular weight excluding hydrogens is 398 g/mol. The van der Waals surface area contributed by atoms with Crippen molar-refractivity contribution in [2.45, 2.75) is 4.34 Å². The van der Waals surface area contributed by atoms with Crippen molar-refractivity contribution >= 4 is 35.2 Å². The van der Waals surface area contributed by atoms with Gasteiger partial charge in [0.15, 0.2) is 9.35 Å². The number of carbonyl (C=O) groups is 1. The van der Waals surface area contributed by atoms with E-state index in [2.05, 4.69) is 25.7 Å². The molecule has 10 heteroatoms. The Morgan fingerprint density at radius 1 is 1.25 bits per heavy atom. The molecule has 0 bridgehead atoms. The van der Waals surface area contributed by atoms with Crippen molar-refractivity contribution < 1.29 is 14.3 Å². The molecule has 1 amide bonds. The van der Waals surface area contributed by atoms with Gasteiger partial charge >= 0.3 is 0 Å². The number of rotatable bonds is 8. The maximum absolute atomic E-state index is 12.0. The van der Waals surface area contributed by atoms with Crippen molar-refractivity contribution in [1.29, 1.82) is 0 Å². The second kappa shape index (κ2) is 9.81. The van der Waals surface area contributed by atoms with Crippen molar-refractivity contribution in [3.63, 3.8) is 0 Å². The number of methoxy groups -OCH3 is 2. The van der Waals surface area contributed by atoms with Gasteiger partial charge in [0.25, 0.3) is 5.91 Å². The van der Waals surface area contributed by atoms with Gasteiger partial charge in [-0.05, 0) is 24.3 Å². The van der Waals surface area contributed by atoms with E-state index >= 15 is 0 Å². The Bertz CT molecular complexity index is 963. The summed E-state index contributed by atoms with van der Waals surface area (Å²) >= 11 is 2.68. The van der Waals surface area contributed by atoms with E-state index in [0.717, 1.165) is 11.3 Å². The molecule has 0 atom stereocenters. The number of hydrazone groups is 1. The Kier molecular flexibility index (Phi) is 6.93. The molecule has 144 valence electrons. The zero-order chi connectivity index (χ0) is 19.8. The fourth-order valence-electron chi connectivity index (χ4n) is 2.12. The predicted molar refractivity (Wildman–Crippen MR) is 109 cm³/mol. The van der Waals surface area contributed by atoms with Crippen LogP contribution in [0.3, 0.4) is 0 Å². The first-order valence-corrected chi connectivity index (χ1v) is 9.91. The number of ether oxygens (including phenoxy) is 2. The summed E-state index contributed by atoms with van der Waals surface area (Å²) in [5, 5.41) is 12.9. The van der Waals surface area contributed by atoms with Crippen LogP contribution in [-0.4, -0.2) is 47.3 Å². The molecule has 3 rings (SSSR count). The van der Waals surface area contributed by atoms with E-state index in [9.17, 15) is 4.79 Å². The smallest absolute Gasteiger partial charge is 0.250 e. The average Bonchev–Trinajstić information content (AvgIpc) is 3.22. The molecule has 0 saturated heterocycles. The largest absolute Gasteiger partial charge is 0.497 e. The van der Waals surface area contributed by atoms with Gasteiger partial charge in [0.05, 0.1) is 26.2 Å². The van der Waals surface area contributed by atoms with Gasteiger partial charge in [-0.25, -0.2) is 5.43 Å². The molecule has 8 nitrogen and oxygen atoms in total. The minimum absolute atomic E-state index is 0.175. The normalized spacial score (nSPS) is 10.8. The highest BCUT2D eigenvalue weighted by molar-refractivity contribution is 8.01. The van der Waals surface area contributed by atoms with Crippen LogP contribution in [0.4, 0.5) is 0 Å². The van der Waals surface area contributed by atoms with Crippen LogP contribution in [0.2, 0.25) is 0 Å². The number of nitrogens with zero attached hydrogens (tertiary/aromatic N) is 4. The summed E-state index contributed by atoms with van der Waals surface area (Å²) in [6, 6.07) is 10.9. The Balaban J connectivity index is 1.51. The van der Waals surface area contributed by atoms with E-state index in [1.54, 1.807) is 38.6 Å². The number of amides is 1. The molecule has 0 spiro atoms. The minimum Gasteiger partial charge on any atom is -0.497 e. The Morgan fingerprint density at radius 2 is 2.14 bits per heavy atom. The van der Waals surface area contributed by atoms with Crippen molar-refractivity contribution in [2.24, 2.45) is 5.10 Å². The zero-order valence-electron chi connectivity index (χ0n) is 15.2. The molecule has 0 aliphatic carbocycles. The standard InChI is InChI=1S/C18H17N5O3S2/c1-25-13-7-6-12(15(9-13)26-2)10-20-21-16(24)11-27-18-23-22-17(28-18)14-5-3-4-8-19-14/h3-10H,11H2,1-2H3,(H,21,24)/b20-10+. The number of nitrogens with one attached hydrogen (secondary N) is 1. The first kappa shape index (κ1) is 19.8. The van der Waals surface area contributed by atoms with Gasteiger partial charge in [0, 0.05) is 17.8 Å². The monoisotopic (exact) mass is 415 g/mol. The molecule has 0 aliphatic heterocycles. The number of thioether (sulfide) groups is 1. The second-order valence-corrected chi connectivity index (χ2v) is 7.48. The van der Waals surface area contributed by atoms with Crippen molar-refractivity contribution in [3.8, 4) is 22.2 Å². The quantitative estimate of drug-likeness (QED) is 0.343. The summed E-state index contributed by atoms with van der Waals surface area (Å²) in [4.78, 5) is 16.2. The highest BCUT2D eigenvalue weighted by Crippen LogP contribution is 2.28. The summed E-state index contributed by atoms with van der Waals surface area (Å²) < 4.78 is 11.1. The van der Waals surface area contributed by atoms with Crippen LogP contribution in [0, 0.1) is 0 Å². The van der Waals surface area contributed by atoms with Crippen LogP contribution in [0.5, 0.6) is 11.5 Å². The number of benzene rings is 1. The van der Waals surface area contributed by atoms with Gasteiger partial charge in [-0.15, -0.1) is 10.2 Å². The summed E-state index contributed by atoms with van der Waals surface area (Å²) in [6.07, 6.45) is 3.22. The second-order valence-electron chi connectivity index (χ2n) is 5.28. The molecule has 2 aromatic heterocycles. The molecule has 3 aromatic rings. The lowest BCUT2D eigenvalue weighted by Crippen LogP contribution is -2.19. The maximum atomic E-state index is 12.0. The highest BCUT2D eigenvalue weighted by atomic mass is 32.2. The molecule has 0 unspecified atom stereocenters. The molecule has 1 aromatic carbocycles. The third-order valence-corrected chi connectivity index (χ3v) is 5.53. The Labute approximate surface area is 170 Å². The Morgan fingerprint density at radius 3 is 2.89 bits per heavy atom. The molecule has 0 fully saturated rings. The van der Waals surface area contributed by atoms with Gasteiger partial charge < -0.3 is 9.47 Å². The summed E-state index contributed by atoms with van der Waals surface area (Å²) in [7, 11) is 3.14. The maximum Gasteiger partial charge on any atom is 0.250 e. The zero-order valence-corrected chi connectivity index (χ0v) is 16.8. The van der Waals surface area contributed by atoms with E-state index in [4.69, 9.17) is 9.47 Å². The van der Waals surface area contributed by atoms with E-state index in [0.29, 0.717) is 20.8 Å². The number of hydrogen-bond acceptors (Lipinski definition) is 9. The van der Waals surface area contributed by atoms with Gasteiger partial charge in [0.2, 0.25) is 0 Å². The van der Waals surface area contributed by atoms with E-state index < -0.39 is 0 Å². The number of aromatic nitrogens is 3. The third-order valence-electron chi connectivity index (χ3n) is 3.45.